The van der Waals surface area contributed by atoms with Crippen molar-refractivity contribution in [2.24, 2.45) is 0 Å². The lowest BCUT2D eigenvalue weighted by Gasteiger charge is -2.12. The molecule has 1 aromatic rings. The first-order valence-corrected chi connectivity index (χ1v) is 5.26. The highest BCUT2D eigenvalue weighted by Crippen LogP contribution is 2.13. The molecule has 0 spiro atoms. The van der Waals surface area contributed by atoms with Crippen LogP contribution in [0.1, 0.15) is 25.5 Å². The van der Waals surface area contributed by atoms with Gasteiger partial charge in [-0.25, -0.2) is 9.97 Å². The molecule has 0 saturated heterocycles. The predicted molar refractivity (Wildman–Crippen MR) is 63.3 cm³/mol. The zero-order valence-corrected chi connectivity index (χ0v) is 10.2. The molecule has 5 nitrogen and oxygen atoms in total. The van der Waals surface area contributed by atoms with E-state index in [1.165, 1.54) is 11.2 Å². The van der Waals surface area contributed by atoms with Gasteiger partial charge >= 0.3 is 0 Å². The molecular formula is C11H18N4O. The third-order valence-electron chi connectivity index (χ3n) is 2.20. The van der Waals surface area contributed by atoms with Crippen LogP contribution in [-0.4, -0.2) is 41.4 Å². The van der Waals surface area contributed by atoms with Crippen LogP contribution in [0.15, 0.2) is 12.4 Å². The Morgan fingerprint density at radius 3 is 2.69 bits per heavy atom. The van der Waals surface area contributed by atoms with Gasteiger partial charge < -0.3 is 10.2 Å². The van der Waals surface area contributed by atoms with E-state index < -0.39 is 0 Å². The smallest absolute Gasteiger partial charge is 0.241 e. The quantitative estimate of drug-likeness (QED) is 0.828. The molecule has 1 N–H and O–H groups in total. The second-order valence-corrected chi connectivity index (χ2v) is 4.12. The number of hydrogen-bond donors (Lipinski definition) is 1. The van der Waals surface area contributed by atoms with Gasteiger partial charge in [0.15, 0.2) is 0 Å². The third kappa shape index (κ3) is 3.49. The number of amides is 1. The average molecular weight is 222 g/mol. The molecule has 0 fully saturated rings. The Balaban J connectivity index is 2.61. The Morgan fingerprint density at radius 1 is 1.44 bits per heavy atom. The topological polar surface area (TPSA) is 58.1 Å². The second-order valence-electron chi connectivity index (χ2n) is 4.12. The van der Waals surface area contributed by atoms with Crippen LogP contribution in [0, 0.1) is 0 Å². The molecule has 0 aliphatic heterocycles. The summed E-state index contributed by atoms with van der Waals surface area (Å²) in [6.45, 7) is 4.38. The average Bonchev–Trinajstić information content (AvgIpc) is 2.26. The maximum absolute atomic E-state index is 11.4. The molecule has 1 heterocycles. The molecule has 5 heteroatoms. The lowest BCUT2D eigenvalue weighted by molar-refractivity contribution is -0.126. The van der Waals surface area contributed by atoms with Gasteiger partial charge in [0, 0.05) is 25.9 Å². The fourth-order valence-corrected chi connectivity index (χ4v) is 1.11. The molecule has 0 bridgehead atoms. The Bertz CT molecular complexity index is 363. The molecular weight excluding hydrogens is 204 g/mol. The molecule has 16 heavy (non-hydrogen) atoms. The highest BCUT2D eigenvalue weighted by Gasteiger charge is 2.06. The molecule has 1 amide bonds. The molecule has 0 aliphatic rings. The number of hydrogen-bond acceptors (Lipinski definition) is 4. The number of rotatable bonds is 4. The molecule has 1 aromatic heterocycles. The van der Waals surface area contributed by atoms with E-state index in [0.29, 0.717) is 11.7 Å². The van der Waals surface area contributed by atoms with E-state index in [9.17, 15) is 4.79 Å². The zero-order valence-electron chi connectivity index (χ0n) is 10.2. The summed E-state index contributed by atoms with van der Waals surface area (Å²) in [5, 5.41) is 2.98. The largest absolute Gasteiger partial charge is 0.361 e. The van der Waals surface area contributed by atoms with Gasteiger partial charge in [-0.15, -0.1) is 0 Å². The third-order valence-corrected chi connectivity index (χ3v) is 2.20. The highest BCUT2D eigenvalue weighted by atomic mass is 16.2. The van der Waals surface area contributed by atoms with E-state index in [0.717, 1.165) is 5.69 Å². The first kappa shape index (κ1) is 12.4. The summed E-state index contributed by atoms with van der Waals surface area (Å²) in [6.07, 6.45) is 1.51. The summed E-state index contributed by atoms with van der Waals surface area (Å²) in [5.74, 6) is 1.06. The van der Waals surface area contributed by atoms with Crippen LogP contribution in [0.4, 0.5) is 5.82 Å². The standard InChI is InChI=1S/C11H18N4O/c1-8(2)9-5-10(14-7-13-9)12-6-11(16)15(3)4/h5,7-8H,6H2,1-4H3,(H,12,13,14). The minimum atomic E-state index is 0.0182. The fraction of sp³-hybridized carbons (Fsp3) is 0.545. The molecule has 0 unspecified atom stereocenters. The van der Waals surface area contributed by atoms with E-state index >= 15 is 0 Å². The van der Waals surface area contributed by atoms with Crippen LogP contribution in [0.3, 0.4) is 0 Å². The molecule has 0 aromatic carbocycles. The first-order chi connectivity index (χ1) is 7.50. The Labute approximate surface area is 95.9 Å². The van der Waals surface area contributed by atoms with E-state index in [4.69, 9.17) is 0 Å². The van der Waals surface area contributed by atoms with Crippen LogP contribution >= 0.6 is 0 Å². The van der Waals surface area contributed by atoms with E-state index in [-0.39, 0.29) is 12.5 Å². The summed E-state index contributed by atoms with van der Waals surface area (Å²) in [6, 6.07) is 1.87. The number of carbonyl (C=O) groups excluding carboxylic acids is 1. The summed E-state index contributed by atoms with van der Waals surface area (Å²) >= 11 is 0. The molecule has 0 atom stereocenters. The van der Waals surface area contributed by atoms with Crippen LogP contribution in [0.25, 0.3) is 0 Å². The number of nitrogens with one attached hydrogen (secondary N) is 1. The van der Waals surface area contributed by atoms with Crippen molar-refractivity contribution in [2.45, 2.75) is 19.8 Å². The monoisotopic (exact) mass is 222 g/mol. The fourth-order valence-electron chi connectivity index (χ4n) is 1.11. The van der Waals surface area contributed by atoms with Gasteiger partial charge in [-0.3, -0.25) is 4.79 Å². The Morgan fingerprint density at radius 2 is 2.12 bits per heavy atom. The minimum Gasteiger partial charge on any atom is -0.361 e. The van der Waals surface area contributed by atoms with E-state index in [1.807, 2.05) is 6.07 Å². The van der Waals surface area contributed by atoms with Gasteiger partial charge in [-0.05, 0) is 5.92 Å². The van der Waals surface area contributed by atoms with Crippen molar-refractivity contribution >= 4 is 11.7 Å². The predicted octanol–water partition coefficient (Wildman–Crippen LogP) is 1.10. The number of aromatic nitrogens is 2. The SMILES string of the molecule is CC(C)c1cc(NCC(=O)N(C)C)ncn1. The number of likely N-dealkylation sites (N-methyl/N-ethyl adjacent to an activating group) is 1. The second kappa shape index (κ2) is 5.44. The summed E-state index contributed by atoms with van der Waals surface area (Å²) in [4.78, 5) is 21.1. The lowest BCUT2D eigenvalue weighted by Crippen LogP contribution is -2.28. The first-order valence-electron chi connectivity index (χ1n) is 5.26. The molecule has 1 rings (SSSR count). The van der Waals surface area contributed by atoms with Crippen LogP contribution in [-0.2, 0) is 4.79 Å². The highest BCUT2D eigenvalue weighted by molar-refractivity contribution is 5.79. The maximum Gasteiger partial charge on any atom is 0.241 e. The molecule has 88 valence electrons. The van der Waals surface area contributed by atoms with Crippen molar-refractivity contribution in [1.29, 1.82) is 0 Å². The summed E-state index contributed by atoms with van der Waals surface area (Å²) in [5.41, 5.74) is 0.967. The van der Waals surface area contributed by atoms with Crippen molar-refractivity contribution in [3.63, 3.8) is 0 Å². The normalized spacial score (nSPS) is 10.3. The van der Waals surface area contributed by atoms with Crippen LogP contribution in [0.5, 0.6) is 0 Å². The van der Waals surface area contributed by atoms with Crippen molar-refractivity contribution in [3.05, 3.63) is 18.1 Å². The van der Waals surface area contributed by atoms with Gasteiger partial charge in [0.1, 0.15) is 12.1 Å². The van der Waals surface area contributed by atoms with Crippen molar-refractivity contribution < 1.29 is 4.79 Å². The lowest BCUT2D eigenvalue weighted by atomic mass is 10.1. The van der Waals surface area contributed by atoms with Gasteiger partial charge in [0.2, 0.25) is 5.91 Å². The van der Waals surface area contributed by atoms with Gasteiger partial charge in [-0.1, -0.05) is 13.8 Å². The van der Waals surface area contributed by atoms with Crippen molar-refractivity contribution in [3.8, 4) is 0 Å². The molecule has 0 radical (unpaired) electrons. The van der Waals surface area contributed by atoms with Gasteiger partial charge in [-0.2, -0.15) is 0 Å². The molecule has 0 saturated carbocycles. The van der Waals surface area contributed by atoms with E-state index in [2.05, 4.69) is 29.1 Å². The van der Waals surface area contributed by atoms with Crippen LogP contribution < -0.4 is 5.32 Å². The number of carbonyl (C=O) groups is 1. The number of nitrogens with zero attached hydrogens (tertiary/aromatic N) is 3. The van der Waals surface area contributed by atoms with Crippen molar-refractivity contribution in [2.75, 3.05) is 26.0 Å². The Kier molecular flexibility index (Phi) is 4.22. The Hall–Kier alpha value is -1.65. The van der Waals surface area contributed by atoms with Gasteiger partial charge in [0.05, 0.1) is 6.54 Å². The molecule has 0 aliphatic carbocycles. The van der Waals surface area contributed by atoms with Crippen molar-refractivity contribution in [1.82, 2.24) is 14.9 Å². The zero-order chi connectivity index (χ0) is 12.1. The summed E-state index contributed by atoms with van der Waals surface area (Å²) < 4.78 is 0. The summed E-state index contributed by atoms with van der Waals surface area (Å²) in [7, 11) is 3.45. The minimum absolute atomic E-state index is 0.0182. The van der Waals surface area contributed by atoms with E-state index in [1.54, 1.807) is 14.1 Å². The number of anilines is 1. The maximum atomic E-state index is 11.4. The van der Waals surface area contributed by atoms with Crippen LogP contribution in [0.2, 0.25) is 0 Å². The van der Waals surface area contributed by atoms with Gasteiger partial charge in [0.25, 0.3) is 0 Å².